The SMILES string of the molecule is O=C(Cn1nc(N2CCCC3(CCC3)C2)c#cc1=O)Nc1ccc2scnc2c1. The van der Waals surface area contributed by atoms with Gasteiger partial charge in [-0.25, -0.2) is 9.67 Å². The van der Waals surface area contributed by atoms with E-state index in [-0.39, 0.29) is 12.5 Å². The zero-order valence-corrected chi connectivity index (χ0v) is 16.8. The van der Waals surface area contributed by atoms with Crippen LogP contribution < -0.4 is 15.8 Å². The molecule has 1 N–H and O–H groups in total. The van der Waals surface area contributed by atoms with Crippen molar-refractivity contribution in [3.8, 4) is 0 Å². The van der Waals surface area contributed by atoms with Crippen molar-refractivity contribution >= 4 is 39.0 Å². The number of amides is 1. The van der Waals surface area contributed by atoms with E-state index in [1.807, 2.05) is 18.2 Å². The summed E-state index contributed by atoms with van der Waals surface area (Å²) in [6, 6.07) is 11.1. The van der Waals surface area contributed by atoms with Crippen molar-refractivity contribution in [1.82, 2.24) is 14.8 Å². The number of hydrogen-bond donors (Lipinski definition) is 1. The maximum atomic E-state index is 12.5. The van der Waals surface area contributed by atoms with E-state index in [0.29, 0.717) is 16.9 Å². The van der Waals surface area contributed by atoms with E-state index in [1.54, 1.807) is 16.8 Å². The molecule has 1 aliphatic heterocycles. The third-order valence-corrected chi connectivity index (χ3v) is 6.82. The molecule has 0 unspecified atom stereocenters. The number of rotatable bonds is 4. The van der Waals surface area contributed by atoms with Gasteiger partial charge in [0.05, 0.1) is 15.7 Å². The fourth-order valence-electron chi connectivity index (χ4n) is 4.35. The van der Waals surface area contributed by atoms with Crippen LogP contribution in [0.2, 0.25) is 0 Å². The second-order valence-electron chi connectivity index (χ2n) is 8.00. The normalized spacial score (nSPS) is 17.7. The molecule has 29 heavy (non-hydrogen) atoms. The summed E-state index contributed by atoms with van der Waals surface area (Å²) in [7, 11) is 0. The first-order valence-electron chi connectivity index (χ1n) is 9.91. The third-order valence-electron chi connectivity index (χ3n) is 6.01. The molecule has 1 spiro atoms. The molecule has 2 fully saturated rings. The topological polar surface area (TPSA) is 80.1 Å². The molecule has 3 heterocycles. The Labute approximate surface area is 172 Å². The zero-order valence-electron chi connectivity index (χ0n) is 16.0. The first-order chi connectivity index (χ1) is 14.1. The maximum absolute atomic E-state index is 12.5. The van der Waals surface area contributed by atoms with Gasteiger partial charge >= 0.3 is 5.56 Å². The summed E-state index contributed by atoms with van der Waals surface area (Å²) in [4.78, 5) is 31.1. The maximum Gasteiger partial charge on any atom is 0.319 e. The Hall–Kier alpha value is -2.92. The minimum absolute atomic E-state index is 0.162. The number of aromatic nitrogens is 3. The smallest absolute Gasteiger partial charge is 0.319 e. The molecule has 5 rings (SSSR count). The van der Waals surface area contributed by atoms with Crippen molar-refractivity contribution in [1.29, 1.82) is 0 Å². The molecule has 1 aromatic carbocycles. The number of fused-ring (bicyclic) bond motifs is 1. The molecule has 1 saturated carbocycles. The predicted octanol–water partition coefficient (Wildman–Crippen LogP) is 2.86. The standard InChI is InChI=1S/C21H21N5O2S/c27-19(23-15-3-4-17-16(11-15)22-14-29-17)12-26-20(28)6-5-18(24-26)25-10-2-9-21(13-25)7-1-8-21/h3-4,11,14H,1-2,7-10,12-13H2,(H,23,27). The Kier molecular flexibility index (Phi) is 4.47. The van der Waals surface area contributed by atoms with Crippen LogP contribution in [-0.2, 0) is 11.3 Å². The molecule has 2 aromatic heterocycles. The fourth-order valence-corrected chi connectivity index (χ4v) is 5.01. The summed E-state index contributed by atoms with van der Waals surface area (Å²) in [6.45, 7) is 1.69. The molecule has 2 aliphatic rings. The summed E-state index contributed by atoms with van der Waals surface area (Å²) < 4.78 is 2.23. The van der Waals surface area contributed by atoms with E-state index in [9.17, 15) is 9.59 Å². The van der Waals surface area contributed by atoms with Gasteiger partial charge in [0.1, 0.15) is 6.54 Å². The van der Waals surface area contributed by atoms with Gasteiger partial charge in [0, 0.05) is 24.8 Å². The molecule has 8 heteroatoms. The van der Waals surface area contributed by atoms with Gasteiger partial charge in [-0.2, -0.15) is 0 Å². The molecule has 1 aliphatic carbocycles. The Bertz CT molecular complexity index is 1120. The minimum atomic E-state index is -0.450. The Balaban J connectivity index is 1.30. The van der Waals surface area contributed by atoms with Crippen molar-refractivity contribution in [2.75, 3.05) is 23.3 Å². The monoisotopic (exact) mass is 407 g/mol. The van der Waals surface area contributed by atoms with Gasteiger partial charge in [-0.1, -0.05) is 6.42 Å². The minimum Gasteiger partial charge on any atom is -0.348 e. The van der Waals surface area contributed by atoms with E-state index in [4.69, 9.17) is 0 Å². The molecule has 148 valence electrons. The molecular weight excluding hydrogens is 386 g/mol. The van der Waals surface area contributed by atoms with E-state index >= 15 is 0 Å². The van der Waals surface area contributed by atoms with Gasteiger partial charge in [0.2, 0.25) is 11.7 Å². The zero-order chi connectivity index (χ0) is 19.8. The van der Waals surface area contributed by atoms with E-state index in [2.05, 4.69) is 32.4 Å². The first kappa shape index (κ1) is 18.1. The van der Waals surface area contributed by atoms with Crippen LogP contribution in [0.15, 0.2) is 28.5 Å². The summed E-state index contributed by atoms with van der Waals surface area (Å²) in [6.07, 6.45) is 6.20. The van der Waals surface area contributed by atoms with Crippen LogP contribution in [-0.4, -0.2) is 33.8 Å². The highest BCUT2D eigenvalue weighted by Crippen LogP contribution is 2.47. The average Bonchev–Trinajstić information content (AvgIpc) is 3.16. The van der Waals surface area contributed by atoms with E-state index < -0.39 is 5.56 Å². The second-order valence-corrected chi connectivity index (χ2v) is 8.88. The summed E-state index contributed by atoms with van der Waals surface area (Å²) in [5.74, 6) is 0.293. The van der Waals surface area contributed by atoms with Gasteiger partial charge in [0.15, 0.2) is 0 Å². The number of nitrogens with one attached hydrogen (secondary N) is 1. The van der Waals surface area contributed by atoms with Crippen LogP contribution in [0.1, 0.15) is 32.1 Å². The number of thiazole rings is 1. The molecule has 1 amide bonds. The molecular formula is C21H21N5O2S. The van der Waals surface area contributed by atoms with Crippen LogP contribution >= 0.6 is 11.3 Å². The predicted molar refractivity (Wildman–Crippen MR) is 112 cm³/mol. The highest BCUT2D eigenvalue weighted by atomic mass is 32.1. The lowest BCUT2D eigenvalue weighted by Gasteiger charge is -2.48. The van der Waals surface area contributed by atoms with Crippen LogP contribution in [0.5, 0.6) is 0 Å². The van der Waals surface area contributed by atoms with Gasteiger partial charge in [-0.05, 0) is 55.4 Å². The number of hydrogen-bond acceptors (Lipinski definition) is 6. The third kappa shape index (κ3) is 3.58. The number of carbonyl (C=O) groups is 1. The summed E-state index contributed by atoms with van der Waals surface area (Å²) in [5.41, 5.74) is 3.21. The van der Waals surface area contributed by atoms with E-state index in [1.165, 1.54) is 30.4 Å². The highest BCUT2D eigenvalue weighted by molar-refractivity contribution is 7.16. The Morgan fingerprint density at radius 1 is 1.24 bits per heavy atom. The lowest BCUT2D eigenvalue weighted by molar-refractivity contribution is -0.117. The largest absolute Gasteiger partial charge is 0.348 e. The van der Waals surface area contributed by atoms with Gasteiger partial charge < -0.3 is 10.2 Å². The highest BCUT2D eigenvalue weighted by Gasteiger charge is 2.40. The van der Waals surface area contributed by atoms with Gasteiger partial charge in [-0.15, -0.1) is 16.4 Å². The molecule has 0 radical (unpaired) electrons. The molecule has 1 saturated heterocycles. The van der Waals surface area contributed by atoms with Crippen LogP contribution in [0, 0.1) is 17.5 Å². The summed E-state index contributed by atoms with van der Waals surface area (Å²) in [5, 5.41) is 7.23. The number of nitrogens with zero attached hydrogens (tertiary/aromatic N) is 4. The Morgan fingerprint density at radius 2 is 2.10 bits per heavy atom. The lowest BCUT2D eigenvalue weighted by atomic mass is 9.64. The van der Waals surface area contributed by atoms with Crippen molar-refractivity contribution in [2.45, 2.75) is 38.6 Å². The van der Waals surface area contributed by atoms with Crippen LogP contribution in [0.25, 0.3) is 10.2 Å². The molecule has 7 nitrogen and oxygen atoms in total. The first-order valence-corrected chi connectivity index (χ1v) is 10.8. The number of benzene rings is 1. The lowest BCUT2D eigenvalue weighted by Crippen LogP contribution is -2.47. The van der Waals surface area contributed by atoms with Gasteiger partial charge in [0.25, 0.3) is 0 Å². The van der Waals surface area contributed by atoms with Crippen LogP contribution in [0.4, 0.5) is 11.5 Å². The van der Waals surface area contributed by atoms with Crippen molar-refractivity contribution in [3.63, 3.8) is 0 Å². The fraction of sp³-hybridized carbons (Fsp3) is 0.429. The molecule has 3 aromatic rings. The van der Waals surface area contributed by atoms with Crippen LogP contribution in [0.3, 0.4) is 0 Å². The van der Waals surface area contributed by atoms with E-state index in [0.717, 1.165) is 29.7 Å². The average molecular weight is 407 g/mol. The van der Waals surface area contributed by atoms with Gasteiger partial charge in [-0.3, -0.25) is 9.59 Å². The second kappa shape index (κ2) is 7.16. The molecule has 0 atom stereocenters. The van der Waals surface area contributed by atoms with Crippen molar-refractivity contribution in [3.05, 3.63) is 46.2 Å². The molecule has 0 bridgehead atoms. The summed E-state index contributed by atoms with van der Waals surface area (Å²) >= 11 is 1.55. The Morgan fingerprint density at radius 3 is 2.93 bits per heavy atom. The number of piperidine rings is 1. The van der Waals surface area contributed by atoms with Crippen molar-refractivity contribution < 1.29 is 4.79 Å². The quantitative estimate of drug-likeness (QED) is 0.719. The number of anilines is 2. The number of carbonyl (C=O) groups excluding carboxylic acids is 1. The van der Waals surface area contributed by atoms with Crippen molar-refractivity contribution in [2.24, 2.45) is 5.41 Å².